The molecule has 0 saturated carbocycles. The number of ether oxygens (including phenoxy) is 2. The standard InChI is InChI=1S/C10H16O4/c1-6-8(11)13-7(2)9(12)14-10(3,4)5/h6-7H,1H2,2-5H3. The Morgan fingerprint density at radius 2 is 1.86 bits per heavy atom. The normalized spacial score (nSPS) is 12.9. The third-order valence-corrected chi connectivity index (χ3v) is 1.20. The molecule has 14 heavy (non-hydrogen) atoms. The van der Waals surface area contributed by atoms with Gasteiger partial charge in [-0.05, 0) is 27.7 Å². The Morgan fingerprint density at radius 3 is 2.21 bits per heavy atom. The minimum atomic E-state index is -0.903. The van der Waals surface area contributed by atoms with Gasteiger partial charge in [0.25, 0.3) is 0 Å². The molecule has 0 aliphatic rings. The Kier molecular flexibility index (Phi) is 4.34. The van der Waals surface area contributed by atoms with Gasteiger partial charge in [0.1, 0.15) is 5.60 Å². The quantitative estimate of drug-likeness (QED) is 0.511. The summed E-state index contributed by atoms with van der Waals surface area (Å²) in [5, 5.41) is 0. The first-order valence-corrected chi connectivity index (χ1v) is 4.32. The summed E-state index contributed by atoms with van der Waals surface area (Å²) in [5.41, 5.74) is -0.577. The SMILES string of the molecule is C=CC(=O)OC(C)C(=O)OC(C)(C)C. The zero-order valence-corrected chi connectivity index (χ0v) is 8.99. The van der Waals surface area contributed by atoms with Gasteiger partial charge in [-0.15, -0.1) is 0 Å². The second-order valence-electron chi connectivity index (χ2n) is 3.82. The lowest BCUT2D eigenvalue weighted by Gasteiger charge is -2.21. The third-order valence-electron chi connectivity index (χ3n) is 1.20. The van der Waals surface area contributed by atoms with Crippen molar-refractivity contribution in [2.24, 2.45) is 0 Å². The van der Waals surface area contributed by atoms with Gasteiger partial charge in [-0.25, -0.2) is 9.59 Å². The van der Waals surface area contributed by atoms with E-state index in [2.05, 4.69) is 11.3 Å². The molecule has 0 aliphatic carbocycles. The first-order chi connectivity index (χ1) is 6.26. The van der Waals surface area contributed by atoms with Gasteiger partial charge in [-0.1, -0.05) is 6.58 Å². The van der Waals surface area contributed by atoms with E-state index >= 15 is 0 Å². The van der Waals surface area contributed by atoms with Crippen LogP contribution in [0.2, 0.25) is 0 Å². The molecule has 1 unspecified atom stereocenters. The third kappa shape index (κ3) is 5.35. The predicted molar refractivity (Wildman–Crippen MR) is 51.6 cm³/mol. The van der Waals surface area contributed by atoms with E-state index < -0.39 is 23.6 Å². The Balaban J connectivity index is 4.13. The summed E-state index contributed by atoms with van der Waals surface area (Å²) in [6.45, 7) is 9.90. The molecular weight excluding hydrogens is 184 g/mol. The van der Waals surface area contributed by atoms with E-state index in [1.807, 2.05) is 0 Å². The van der Waals surface area contributed by atoms with Gasteiger partial charge in [-0.3, -0.25) is 0 Å². The van der Waals surface area contributed by atoms with Crippen molar-refractivity contribution in [2.75, 3.05) is 0 Å². The molecule has 0 saturated heterocycles. The van der Waals surface area contributed by atoms with E-state index in [4.69, 9.17) is 4.74 Å². The predicted octanol–water partition coefficient (Wildman–Crippen LogP) is 1.45. The monoisotopic (exact) mass is 200 g/mol. The topological polar surface area (TPSA) is 52.6 Å². The van der Waals surface area contributed by atoms with Crippen molar-refractivity contribution in [1.29, 1.82) is 0 Å². The van der Waals surface area contributed by atoms with Gasteiger partial charge >= 0.3 is 11.9 Å². The van der Waals surface area contributed by atoms with Gasteiger partial charge in [0.15, 0.2) is 6.10 Å². The number of carbonyl (C=O) groups excluding carboxylic acids is 2. The van der Waals surface area contributed by atoms with Crippen molar-refractivity contribution in [1.82, 2.24) is 0 Å². The van der Waals surface area contributed by atoms with Crippen LogP contribution in [0.15, 0.2) is 12.7 Å². The van der Waals surface area contributed by atoms with Crippen LogP contribution in [0.4, 0.5) is 0 Å². The van der Waals surface area contributed by atoms with Crippen molar-refractivity contribution < 1.29 is 19.1 Å². The largest absolute Gasteiger partial charge is 0.457 e. The van der Waals surface area contributed by atoms with Gasteiger partial charge in [0.05, 0.1) is 0 Å². The average molecular weight is 200 g/mol. The molecule has 0 fully saturated rings. The van der Waals surface area contributed by atoms with E-state index in [9.17, 15) is 9.59 Å². The summed E-state index contributed by atoms with van der Waals surface area (Å²) in [6, 6.07) is 0. The molecule has 0 aliphatic heterocycles. The molecule has 0 amide bonds. The number of esters is 2. The lowest BCUT2D eigenvalue weighted by Crippen LogP contribution is -2.32. The molecular formula is C10H16O4. The fourth-order valence-electron chi connectivity index (χ4n) is 0.655. The minimum Gasteiger partial charge on any atom is -0.457 e. The smallest absolute Gasteiger partial charge is 0.347 e. The highest BCUT2D eigenvalue weighted by Crippen LogP contribution is 2.09. The summed E-state index contributed by atoms with van der Waals surface area (Å²) >= 11 is 0. The fraction of sp³-hybridized carbons (Fsp3) is 0.600. The highest BCUT2D eigenvalue weighted by atomic mass is 16.6. The molecule has 0 aromatic rings. The van der Waals surface area contributed by atoms with Crippen LogP contribution in [-0.2, 0) is 19.1 Å². The summed E-state index contributed by atoms with van der Waals surface area (Å²) in [7, 11) is 0. The van der Waals surface area contributed by atoms with E-state index in [0.29, 0.717) is 0 Å². The van der Waals surface area contributed by atoms with Crippen molar-refractivity contribution in [3.05, 3.63) is 12.7 Å². The van der Waals surface area contributed by atoms with Crippen molar-refractivity contribution in [2.45, 2.75) is 39.4 Å². The number of rotatable bonds is 3. The van der Waals surface area contributed by atoms with Crippen LogP contribution in [-0.4, -0.2) is 23.6 Å². The number of hydrogen-bond acceptors (Lipinski definition) is 4. The number of carbonyl (C=O) groups is 2. The molecule has 0 radical (unpaired) electrons. The second kappa shape index (κ2) is 4.79. The highest BCUT2D eigenvalue weighted by Gasteiger charge is 2.23. The first kappa shape index (κ1) is 12.7. The summed E-state index contributed by atoms with van der Waals surface area (Å²) < 4.78 is 9.67. The van der Waals surface area contributed by atoms with E-state index in [1.165, 1.54) is 6.92 Å². The lowest BCUT2D eigenvalue weighted by molar-refractivity contribution is -0.172. The number of hydrogen-bond donors (Lipinski definition) is 0. The van der Waals surface area contributed by atoms with Crippen LogP contribution in [0.5, 0.6) is 0 Å². The molecule has 0 aromatic heterocycles. The van der Waals surface area contributed by atoms with Crippen LogP contribution >= 0.6 is 0 Å². The Morgan fingerprint density at radius 1 is 1.36 bits per heavy atom. The highest BCUT2D eigenvalue weighted by molar-refractivity contribution is 5.85. The molecule has 0 spiro atoms. The zero-order chi connectivity index (χ0) is 11.4. The van der Waals surface area contributed by atoms with Crippen molar-refractivity contribution >= 4 is 11.9 Å². The lowest BCUT2D eigenvalue weighted by atomic mass is 10.2. The van der Waals surface area contributed by atoms with Crippen molar-refractivity contribution in [3.63, 3.8) is 0 Å². The molecule has 0 aromatic carbocycles. The van der Waals surface area contributed by atoms with E-state index in [1.54, 1.807) is 20.8 Å². The maximum Gasteiger partial charge on any atom is 0.347 e. The van der Waals surface area contributed by atoms with Gasteiger partial charge < -0.3 is 9.47 Å². The van der Waals surface area contributed by atoms with Crippen molar-refractivity contribution in [3.8, 4) is 0 Å². The molecule has 0 N–H and O–H groups in total. The molecule has 0 heterocycles. The molecule has 4 heteroatoms. The molecule has 80 valence electrons. The van der Waals surface area contributed by atoms with E-state index in [-0.39, 0.29) is 0 Å². The van der Waals surface area contributed by atoms with Crippen LogP contribution < -0.4 is 0 Å². The average Bonchev–Trinajstić information content (AvgIpc) is 2.00. The minimum absolute atomic E-state index is 0.562. The van der Waals surface area contributed by atoms with E-state index in [0.717, 1.165) is 6.08 Å². The van der Waals surface area contributed by atoms with Crippen LogP contribution in [0.1, 0.15) is 27.7 Å². The summed E-state index contributed by atoms with van der Waals surface area (Å²) in [4.78, 5) is 22.0. The maximum atomic E-state index is 11.3. The first-order valence-electron chi connectivity index (χ1n) is 4.32. The summed E-state index contributed by atoms with van der Waals surface area (Å²) in [5.74, 6) is -1.20. The Hall–Kier alpha value is -1.32. The van der Waals surface area contributed by atoms with Gasteiger partial charge in [0, 0.05) is 6.08 Å². The molecule has 4 nitrogen and oxygen atoms in total. The van der Waals surface area contributed by atoms with Crippen LogP contribution in [0.3, 0.4) is 0 Å². The fourth-order valence-corrected chi connectivity index (χ4v) is 0.655. The molecule has 0 bridgehead atoms. The Bertz CT molecular complexity index is 237. The summed E-state index contributed by atoms with van der Waals surface area (Å²) in [6.07, 6.45) is 0.0978. The van der Waals surface area contributed by atoms with Gasteiger partial charge in [0.2, 0.25) is 0 Å². The molecule has 1 atom stereocenters. The van der Waals surface area contributed by atoms with Crippen LogP contribution in [0, 0.1) is 0 Å². The zero-order valence-electron chi connectivity index (χ0n) is 8.99. The second-order valence-corrected chi connectivity index (χ2v) is 3.82. The van der Waals surface area contributed by atoms with Crippen LogP contribution in [0.25, 0.3) is 0 Å². The van der Waals surface area contributed by atoms with Gasteiger partial charge in [-0.2, -0.15) is 0 Å². The Labute approximate surface area is 83.9 Å². The molecule has 0 rings (SSSR count). The maximum absolute atomic E-state index is 11.3.